The second-order valence-electron chi connectivity index (χ2n) is 10.1. The van der Waals surface area contributed by atoms with E-state index < -0.39 is 41.3 Å². The predicted molar refractivity (Wildman–Crippen MR) is 140 cm³/mol. The molecule has 1 aromatic rings. The summed E-state index contributed by atoms with van der Waals surface area (Å²) in [5.41, 5.74) is 4.95. The first-order valence-corrected chi connectivity index (χ1v) is 13.0. The highest BCUT2D eigenvalue weighted by Crippen LogP contribution is 2.22. The van der Waals surface area contributed by atoms with Gasteiger partial charge in [-0.3, -0.25) is 24.0 Å². The average molecular weight is 516 g/mol. The maximum atomic E-state index is 13.5. The minimum atomic E-state index is -1.30. The molecule has 37 heavy (non-hydrogen) atoms. The van der Waals surface area contributed by atoms with Crippen molar-refractivity contribution in [1.29, 1.82) is 0 Å². The van der Waals surface area contributed by atoms with Gasteiger partial charge >= 0.3 is 0 Å². The number of amides is 4. The van der Waals surface area contributed by atoms with E-state index in [4.69, 9.17) is 5.73 Å². The van der Waals surface area contributed by atoms with Crippen molar-refractivity contribution in [1.82, 2.24) is 21.3 Å². The summed E-state index contributed by atoms with van der Waals surface area (Å²) in [6.07, 6.45) is 1.17. The Morgan fingerprint density at radius 1 is 1.08 bits per heavy atom. The number of nitrogens with two attached hydrogens (primary N) is 1. The van der Waals surface area contributed by atoms with E-state index in [-0.39, 0.29) is 37.0 Å². The monoisotopic (exact) mass is 515 g/mol. The molecule has 1 saturated heterocycles. The van der Waals surface area contributed by atoms with Crippen LogP contribution in [0.4, 0.5) is 0 Å². The van der Waals surface area contributed by atoms with Crippen molar-refractivity contribution in [3.63, 3.8) is 0 Å². The van der Waals surface area contributed by atoms with E-state index in [1.807, 2.05) is 0 Å². The first-order valence-electron chi connectivity index (χ1n) is 13.0. The summed E-state index contributed by atoms with van der Waals surface area (Å²) in [6.45, 7) is 7.25. The van der Waals surface area contributed by atoms with E-state index in [0.29, 0.717) is 31.4 Å². The van der Waals surface area contributed by atoms with E-state index in [0.717, 1.165) is 0 Å². The van der Waals surface area contributed by atoms with Gasteiger partial charge in [0.05, 0.1) is 5.54 Å². The number of carbonyl (C=O) groups is 5. The molecule has 1 aromatic carbocycles. The van der Waals surface area contributed by atoms with Crippen LogP contribution in [0.2, 0.25) is 0 Å². The maximum Gasteiger partial charge on any atom is 0.247 e. The number of ketones is 1. The molecule has 1 fully saturated rings. The lowest BCUT2D eigenvalue weighted by Crippen LogP contribution is -2.57. The van der Waals surface area contributed by atoms with E-state index in [2.05, 4.69) is 21.3 Å². The van der Waals surface area contributed by atoms with Crippen molar-refractivity contribution in [3.8, 4) is 0 Å². The molecule has 0 unspecified atom stereocenters. The summed E-state index contributed by atoms with van der Waals surface area (Å²) in [5, 5.41) is 11.2. The Labute approximate surface area is 218 Å². The Kier molecular flexibility index (Phi) is 11.2. The molecule has 0 radical (unpaired) electrons. The van der Waals surface area contributed by atoms with Crippen LogP contribution in [0.15, 0.2) is 30.3 Å². The largest absolute Gasteiger partial charge is 0.354 e. The Bertz CT molecular complexity index is 967. The average Bonchev–Trinajstić information content (AvgIpc) is 2.87. The minimum absolute atomic E-state index is 0.0789. The van der Waals surface area contributed by atoms with Crippen molar-refractivity contribution in [2.45, 2.75) is 77.4 Å². The van der Waals surface area contributed by atoms with Gasteiger partial charge in [-0.2, -0.15) is 0 Å². The fourth-order valence-corrected chi connectivity index (χ4v) is 4.20. The van der Waals surface area contributed by atoms with Crippen LogP contribution in [-0.2, 0) is 24.0 Å². The molecule has 0 aliphatic carbocycles. The van der Waals surface area contributed by atoms with Crippen LogP contribution < -0.4 is 27.0 Å². The summed E-state index contributed by atoms with van der Waals surface area (Å²) >= 11 is 0. The fourth-order valence-electron chi connectivity index (χ4n) is 4.20. The van der Waals surface area contributed by atoms with Crippen LogP contribution in [0.3, 0.4) is 0 Å². The molecule has 204 valence electrons. The highest BCUT2D eigenvalue weighted by atomic mass is 16.2. The normalized spacial score (nSPS) is 26.1. The van der Waals surface area contributed by atoms with Gasteiger partial charge < -0.3 is 27.0 Å². The predicted octanol–water partition coefficient (Wildman–Crippen LogP) is 1.10. The molecule has 1 heterocycles. The van der Waals surface area contributed by atoms with Crippen molar-refractivity contribution in [2.24, 2.45) is 17.6 Å². The summed E-state index contributed by atoms with van der Waals surface area (Å²) in [4.78, 5) is 65.7. The molecule has 6 N–H and O–H groups in total. The molecule has 10 heteroatoms. The second kappa shape index (κ2) is 13.9. The van der Waals surface area contributed by atoms with Crippen molar-refractivity contribution < 1.29 is 24.0 Å². The number of Topliss-reactive ketones (excluding diaryl/α,β-unsaturated/α-hetero) is 1. The first kappa shape index (κ1) is 30.0. The third-order valence-corrected chi connectivity index (χ3v) is 6.75. The molecule has 10 nitrogen and oxygen atoms in total. The molecule has 0 saturated carbocycles. The number of benzene rings is 1. The van der Waals surface area contributed by atoms with Gasteiger partial charge in [-0.05, 0) is 44.7 Å². The van der Waals surface area contributed by atoms with Crippen LogP contribution in [0.5, 0.6) is 0 Å². The number of carbonyl (C=O) groups excluding carboxylic acids is 5. The molecule has 4 atom stereocenters. The second-order valence-corrected chi connectivity index (χ2v) is 10.1. The van der Waals surface area contributed by atoms with Gasteiger partial charge in [-0.15, -0.1) is 0 Å². The number of hydrogen-bond acceptors (Lipinski definition) is 6. The SMILES string of the molecule is CC[C@@H]1NC(=O)[C@H](CCCN)CC(=O)[C@](C)(NC(=O)C(C)C)CCNC(=O)[C@@H](c2ccccc2)NC1=O. The molecular formula is C27H41N5O5. The van der Waals surface area contributed by atoms with E-state index >= 15 is 0 Å². The lowest BCUT2D eigenvalue weighted by molar-refractivity contribution is -0.137. The Morgan fingerprint density at radius 3 is 2.35 bits per heavy atom. The lowest BCUT2D eigenvalue weighted by Gasteiger charge is -2.33. The minimum Gasteiger partial charge on any atom is -0.354 e. The van der Waals surface area contributed by atoms with Gasteiger partial charge in [-0.25, -0.2) is 0 Å². The third kappa shape index (κ3) is 8.38. The van der Waals surface area contributed by atoms with Crippen LogP contribution in [-0.4, -0.2) is 54.1 Å². The molecule has 1 aliphatic rings. The van der Waals surface area contributed by atoms with Gasteiger partial charge in [-0.1, -0.05) is 51.1 Å². The number of hydrogen-bond donors (Lipinski definition) is 5. The summed E-state index contributed by atoms with van der Waals surface area (Å²) in [7, 11) is 0. The van der Waals surface area contributed by atoms with Gasteiger partial charge in [0.2, 0.25) is 23.6 Å². The highest BCUT2D eigenvalue weighted by molar-refractivity contribution is 5.97. The van der Waals surface area contributed by atoms with Crippen molar-refractivity contribution >= 4 is 29.4 Å². The van der Waals surface area contributed by atoms with Gasteiger partial charge in [0.25, 0.3) is 0 Å². The quantitative estimate of drug-likeness (QED) is 0.366. The van der Waals surface area contributed by atoms with Crippen molar-refractivity contribution in [2.75, 3.05) is 13.1 Å². The zero-order valence-electron chi connectivity index (χ0n) is 22.3. The highest BCUT2D eigenvalue weighted by Gasteiger charge is 2.38. The van der Waals surface area contributed by atoms with Crippen LogP contribution in [0, 0.1) is 11.8 Å². The Balaban J connectivity index is 2.46. The molecule has 4 amide bonds. The molecular weight excluding hydrogens is 474 g/mol. The molecule has 0 bridgehead atoms. The zero-order valence-corrected chi connectivity index (χ0v) is 22.3. The summed E-state index contributed by atoms with van der Waals surface area (Å²) < 4.78 is 0. The molecule has 1 aliphatic heterocycles. The summed E-state index contributed by atoms with van der Waals surface area (Å²) in [5.74, 6) is -3.06. The smallest absolute Gasteiger partial charge is 0.247 e. The number of nitrogens with one attached hydrogen (secondary N) is 4. The Hall–Kier alpha value is -3.27. The Morgan fingerprint density at radius 2 is 1.76 bits per heavy atom. The third-order valence-electron chi connectivity index (χ3n) is 6.75. The standard InChI is InChI=1S/C27H41N5O5/c1-5-20-25(36)31-22(18-10-7-6-8-11-18)26(37)29-15-13-27(4,32-23(34)17(2)3)21(33)16-19(12-9-14-28)24(35)30-20/h6-8,10-11,17,19-20,22H,5,9,12-16,28H2,1-4H3,(H,29,37)(H,30,35)(H,31,36)(H,32,34)/t19-,20+,22-,27-/m1/s1. The fraction of sp³-hybridized carbons (Fsp3) is 0.593. The van der Waals surface area contributed by atoms with Crippen LogP contribution in [0.25, 0.3) is 0 Å². The van der Waals surface area contributed by atoms with E-state index in [1.165, 1.54) is 0 Å². The van der Waals surface area contributed by atoms with Crippen molar-refractivity contribution in [3.05, 3.63) is 35.9 Å². The van der Waals surface area contributed by atoms with Gasteiger partial charge in [0, 0.05) is 24.8 Å². The molecule has 0 aromatic heterocycles. The van der Waals surface area contributed by atoms with Gasteiger partial charge in [0.1, 0.15) is 12.1 Å². The lowest BCUT2D eigenvalue weighted by atomic mass is 9.84. The van der Waals surface area contributed by atoms with Crippen LogP contribution >= 0.6 is 0 Å². The van der Waals surface area contributed by atoms with Crippen LogP contribution in [0.1, 0.15) is 71.4 Å². The first-order chi connectivity index (χ1) is 17.5. The molecule has 2 rings (SSSR count). The van der Waals surface area contributed by atoms with Gasteiger partial charge in [0.15, 0.2) is 5.78 Å². The van der Waals surface area contributed by atoms with E-state index in [1.54, 1.807) is 58.0 Å². The topological polar surface area (TPSA) is 159 Å². The summed E-state index contributed by atoms with van der Waals surface area (Å²) in [6, 6.07) is 6.90. The molecule has 0 spiro atoms. The number of rotatable bonds is 7. The zero-order chi connectivity index (χ0) is 27.6. The van der Waals surface area contributed by atoms with E-state index in [9.17, 15) is 24.0 Å². The maximum absolute atomic E-state index is 13.5.